The fraction of sp³-hybridized carbons (Fsp3) is 0.875. The molecule has 0 bridgehead atoms. The number of hydrogen-bond acceptors (Lipinski definition) is 3. The summed E-state index contributed by atoms with van der Waals surface area (Å²) in [4.78, 5) is 27.9. The first-order valence-corrected chi connectivity index (χ1v) is 6.45. The predicted octanol–water partition coefficient (Wildman–Crippen LogP) is 1.29. The van der Waals surface area contributed by atoms with E-state index in [4.69, 9.17) is 14.5 Å². The molecule has 0 aliphatic rings. The lowest BCUT2D eigenvalue weighted by Gasteiger charge is -2.04. The van der Waals surface area contributed by atoms with Gasteiger partial charge in [0.25, 0.3) is 0 Å². The summed E-state index contributed by atoms with van der Waals surface area (Å²) in [6.07, 6.45) is 1.89. The van der Waals surface area contributed by atoms with Crippen LogP contribution in [0.15, 0.2) is 0 Å². The van der Waals surface area contributed by atoms with E-state index in [1.165, 1.54) is 0 Å². The molecular weight excluding hydrogens is 207 g/mol. The fourth-order valence-electron chi connectivity index (χ4n) is 0.882. The molecule has 0 unspecified atom stereocenters. The van der Waals surface area contributed by atoms with Crippen molar-refractivity contribution in [1.82, 2.24) is 0 Å². The molecule has 5 nitrogen and oxygen atoms in total. The first-order valence-electron chi connectivity index (χ1n) is 4.66. The van der Waals surface area contributed by atoms with E-state index in [-0.39, 0.29) is 18.7 Å². The van der Waals surface area contributed by atoms with Crippen LogP contribution in [0, 0.1) is 0 Å². The summed E-state index contributed by atoms with van der Waals surface area (Å²) in [5, 5.41) is 0. The second-order valence-corrected chi connectivity index (χ2v) is 4.84. The third kappa shape index (κ3) is 9.71. The number of ether oxygens (including phenoxy) is 1. The molecule has 2 N–H and O–H groups in total. The van der Waals surface area contributed by atoms with Crippen molar-refractivity contribution in [2.75, 3.05) is 12.8 Å². The Balaban J connectivity index is 3.30. The molecule has 6 heteroatoms. The van der Waals surface area contributed by atoms with Crippen LogP contribution in [0.1, 0.15) is 32.6 Å². The van der Waals surface area contributed by atoms with Crippen LogP contribution >= 0.6 is 7.60 Å². The van der Waals surface area contributed by atoms with Gasteiger partial charge in [0.15, 0.2) is 0 Å². The lowest BCUT2D eigenvalue weighted by Crippen LogP contribution is -2.05. The summed E-state index contributed by atoms with van der Waals surface area (Å²) in [5.41, 5.74) is 0. The van der Waals surface area contributed by atoms with Gasteiger partial charge in [0.2, 0.25) is 0 Å². The molecule has 0 atom stereocenters. The van der Waals surface area contributed by atoms with Crippen molar-refractivity contribution in [2.24, 2.45) is 0 Å². The molecular formula is C8H17O5P. The fourth-order valence-corrected chi connectivity index (χ4v) is 1.52. The predicted molar refractivity (Wildman–Crippen MR) is 52.0 cm³/mol. The highest BCUT2D eigenvalue weighted by atomic mass is 31.2. The quantitative estimate of drug-likeness (QED) is 0.386. The highest BCUT2D eigenvalue weighted by molar-refractivity contribution is 7.51. The largest absolute Gasteiger partial charge is 0.466 e. The van der Waals surface area contributed by atoms with Crippen LogP contribution in [0.2, 0.25) is 0 Å². The number of unbranched alkanes of at least 4 members (excludes halogenated alkanes) is 1. The van der Waals surface area contributed by atoms with Gasteiger partial charge in [0.05, 0.1) is 6.61 Å². The van der Waals surface area contributed by atoms with Crippen LogP contribution in [-0.4, -0.2) is 28.5 Å². The van der Waals surface area contributed by atoms with Gasteiger partial charge in [-0.3, -0.25) is 9.36 Å². The molecule has 0 spiro atoms. The van der Waals surface area contributed by atoms with Crippen LogP contribution in [-0.2, 0) is 14.1 Å². The minimum atomic E-state index is -3.88. The second kappa shape index (κ2) is 6.98. The average molecular weight is 224 g/mol. The Morgan fingerprint density at radius 3 is 2.50 bits per heavy atom. The van der Waals surface area contributed by atoms with Crippen molar-refractivity contribution >= 4 is 13.6 Å². The molecule has 0 saturated heterocycles. The monoisotopic (exact) mass is 224 g/mol. The Labute approximate surface area is 83.6 Å². The van der Waals surface area contributed by atoms with Gasteiger partial charge >= 0.3 is 13.6 Å². The minimum absolute atomic E-state index is 0.141. The molecule has 0 rings (SSSR count). The maximum atomic E-state index is 10.8. The molecule has 14 heavy (non-hydrogen) atoms. The third-order valence-corrected chi connectivity index (χ3v) is 2.46. The van der Waals surface area contributed by atoms with E-state index < -0.39 is 7.60 Å². The SMILES string of the molecule is CCCC(=O)OCCCCP(=O)(O)O. The molecule has 0 saturated carbocycles. The lowest BCUT2D eigenvalue weighted by molar-refractivity contribution is -0.143. The summed E-state index contributed by atoms with van der Waals surface area (Å²) in [6, 6.07) is 0. The number of carbonyl (C=O) groups is 1. The van der Waals surface area contributed by atoms with Crippen molar-refractivity contribution in [3.63, 3.8) is 0 Å². The Bertz CT molecular complexity index is 210. The highest BCUT2D eigenvalue weighted by Gasteiger charge is 2.11. The van der Waals surface area contributed by atoms with E-state index in [2.05, 4.69) is 0 Å². The molecule has 84 valence electrons. The normalized spacial score (nSPS) is 11.4. The Morgan fingerprint density at radius 1 is 1.36 bits per heavy atom. The van der Waals surface area contributed by atoms with E-state index >= 15 is 0 Å². The van der Waals surface area contributed by atoms with Gasteiger partial charge in [-0.15, -0.1) is 0 Å². The van der Waals surface area contributed by atoms with Crippen LogP contribution in [0.3, 0.4) is 0 Å². The summed E-state index contributed by atoms with van der Waals surface area (Å²) >= 11 is 0. The molecule has 0 aromatic rings. The topological polar surface area (TPSA) is 83.8 Å². The smallest absolute Gasteiger partial charge is 0.325 e. The Kier molecular flexibility index (Phi) is 6.79. The number of rotatable bonds is 7. The zero-order valence-electron chi connectivity index (χ0n) is 8.31. The molecule has 0 aliphatic carbocycles. The second-order valence-electron chi connectivity index (χ2n) is 3.07. The van der Waals surface area contributed by atoms with Gasteiger partial charge in [-0.05, 0) is 19.3 Å². The van der Waals surface area contributed by atoms with Gasteiger partial charge < -0.3 is 14.5 Å². The molecule has 0 radical (unpaired) electrons. The summed E-state index contributed by atoms with van der Waals surface area (Å²) < 4.78 is 15.2. The van der Waals surface area contributed by atoms with E-state index in [1.54, 1.807) is 0 Å². The average Bonchev–Trinajstić information content (AvgIpc) is 2.02. The van der Waals surface area contributed by atoms with Crippen molar-refractivity contribution in [2.45, 2.75) is 32.6 Å². The highest BCUT2D eigenvalue weighted by Crippen LogP contribution is 2.35. The third-order valence-electron chi connectivity index (χ3n) is 1.56. The summed E-state index contributed by atoms with van der Waals surface area (Å²) in [5.74, 6) is -0.247. The van der Waals surface area contributed by atoms with Gasteiger partial charge in [-0.1, -0.05) is 6.92 Å². The maximum Gasteiger partial charge on any atom is 0.325 e. The van der Waals surface area contributed by atoms with E-state index in [9.17, 15) is 9.36 Å². The molecule has 0 aromatic heterocycles. The first kappa shape index (κ1) is 13.6. The van der Waals surface area contributed by atoms with E-state index in [0.29, 0.717) is 19.3 Å². The van der Waals surface area contributed by atoms with Gasteiger partial charge in [0, 0.05) is 12.6 Å². The summed E-state index contributed by atoms with van der Waals surface area (Å²) in [6.45, 7) is 2.13. The first-order chi connectivity index (χ1) is 6.45. The van der Waals surface area contributed by atoms with Crippen LogP contribution in [0.4, 0.5) is 0 Å². The number of carbonyl (C=O) groups excluding carboxylic acids is 1. The standard InChI is InChI=1S/C8H17O5P/c1-2-5-8(9)13-6-3-4-7-14(10,11)12/h2-7H2,1H3,(H2,10,11,12). The van der Waals surface area contributed by atoms with Crippen molar-refractivity contribution < 1.29 is 23.9 Å². The van der Waals surface area contributed by atoms with E-state index in [1.807, 2.05) is 6.92 Å². The van der Waals surface area contributed by atoms with Crippen LogP contribution in [0.25, 0.3) is 0 Å². The maximum absolute atomic E-state index is 10.8. The molecule has 0 aliphatic heterocycles. The minimum Gasteiger partial charge on any atom is -0.466 e. The van der Waals surface area contributed by atoms with Gasteiger partial charge in [-0.2, -0.15) is 0 Å². The lowest BCUT2D eigenvalue weighted by atomic mass is 10.3. The molecule has 0 fully saturated rings. The van der Waals surface area contributed by atoms with Crippen molar-refractivity contribution in [1.29, 1.82) is 0 Å². The number of hydrogen-bond donors (Lipinski definition) is 2. The van der Waals surface area contributed by atoms with Crippen molar-refractivity contribution in [3.8, 4) is 0 Å². The zero-order valence-corrected chi connectivity index (χ0v) is 9.20. The molecule has 0 amide bonds. The summed E-state index contributed by atoms with van der Waals surface area (Å²) in [7, 11) is -3.88. The van der Waals surface area contributed by atoms with E-state index in [0.717, 1.165) is 6.42 Å². The number of esters is 1. The van der Waals surface area contributed by atoms with Crippen molar-refractivity contribution in [3.05, 3.63) is 0 Å². The Hall–Kier alpha value is -0.380. The van der Waals surface area contributed by atoms with Crippen LogP contribution < -0.4 is 0 Å². The van der Waals surface area contributed by atoms with Crippen LogP contribution in [0.5, 0.6) is 0 Å². The molecule has 0 heterocycles. The zero-order chi connectivity index (χ0) is 11.0. The molecule has 0 aromatic carbocycles. The van der Waals surface area contributed by atoms with Gasteiger partial charge in [0.1, 0.15) is 0 Å². The Morgan fingerprint density at radius 2 is 2.00 bits per heavy atom. The van der Waals surface area contributed by atoms with Gasteiger partial charge in [-0.25, -0.2) is 0 Å².